The third-order valence-electron chi connectivity index (χ3n) is 4.27. The highest BCUT2D eigenvalue weighted by Gasteiger charge is 2.29. The number of hydrogen-bond acceptors (Lipinski definition) is 5. The zero-order valence-corrected chi connectivity index (χ0v) is 15.8. The van der Waals surface area contributed by atoms with Crippen molar-refractivity contribution in [1.82, 2.24) is 9.21 Å². The number of unbranched alkanes of at least 4 members (excludes halogenated alkanes) is 1. The van der Waals surface area contributed by atoms with E-state index in [4.69, 9.17) is 9.47 Å². The summed E-state index contributed by atoms with van der Waals surface area (Å²) < 4.78 is 36.4. The lowest BCUT2D eigenvalue weighted by molar-refractivity contribution is 0.0697. The molecule has 1 heterocycles. The number of nitrogens with zero attached hydrogens (tertiary/aromatic N) is 2. The molecular formula is C17H26N2O5S. The largest absolute Gasteiger partial charge is 0.497 e. The van der Waals surface area contributed by atoms with Gasteiger partial charge in [0.2, 0.25) is 10.0 Å². The zero-order valence-electron chi connectivity index (χ0n) is 15.0. The van der Waals surface area contributed by atoms with E-state index in [0.29, 0.717) is 49.7 Å². The highest BCUT2D eigenvalue weighted by atomic mass is 32.2. The standard InChI is InChI=1S/C17H26N2O5S/c1-4-5-10-25(21,22)19-8-6-18(7-9-19)17(20)14-11-15(23-2)13-16(12-14)24-3/h11-13H,4-10H2,1-3H3. The van der Waals surface area contributed by atoms with Crippen LogP contribution in [0.5, 0.6) is 11.5 Å². The average Bonchev–Trinajstić information content (AvgIpc) is 2.65. The minimum Gasteiger partial charge on any atom is -0.497 e. The molecule has 1 aromatic carbocycles. The topological polar surface area (TPSA) is 76.2 Å². The third kappa shape index (κ3) is 4.85. The van der Waals surface area contributed by atoms with Gasteiger partial charge < -0.3 is 14.4 Å². The first kappa shape index (κ1) is 19.5. The molecule has 140 valence electrons. The maximum atomic E-state index is 12.7. The maximum absolute atomic E-state index is 12.7. The summed E-state index contributed by atoms with van der Waals surface area (Å²) in [6.07, 6.45) is 1.50. The van der Waals surface area contributed by atoms with Gasteiger partial charge in [-0.1, -0.05) is 13.3 Å². The quantitative estimate of drug-likeness (QED) is 0.729. The number of piperazine rings is 1. The number of ether oxygens (including phenoxy) is 2. The molecule has 0 spiro atoms. The lowest BCUT2D eigenvalue weighted by atomic mass is 10.1. The summed E-state index contributed by atoms with van der Waals surface area (Å²) in [7, 11) is -0.164. The van der Waals surface area contributed by atoms with Gasteiger partial charge in [0.15, 0.2) is 0 Å². The van der Waals surface area contributed by atoms with Crippen LogP contribution in [0, 0.1) is 0 Å². The summed E-state index contributed by atoms with van der Waals surface area (Å²) in [5.74, 6) is 1.11. The second-order valence-corrected chi connectivity index (χ2v) is 8.05. The number of sulfonamides is 1. The van der Waals surface area contributed by atoms with Crippen LogP contribution in [0.25, 0.3) is 0 Å². The molecule has 0 saturated carbocycles. The molecule has 0 atom stereocenters. The van der Waals surface area contributed by atoms with Gasteiger partial charge in [0, 0.05) is 37.8 Å². The van der Waals surface area contributed by atoms with Crippen molar-refractivity contribution in [2.45, 2.75) is 19.8 Å². The van der Waals surface area contributed by atoms with Crippen molar-refractivity contribution >= 4 is 15.9 Å². The van der Waals surface area contributed by atoms with Crippen LogP contribution in [0.4, 0.5) is 0 Å². The van der Waals surface area contributed by atoms with E-state index < -0.39 is 10.0 Å². The minimum atomic E-state index is -3.23. The molecule has 0 bridgehead atoms. The third-order valence-corrected chi connectivity index (χ3v) is 6.23. The fourth-order valence-electron chi connectivity index (χ4n) is 2.74. The van der Waals surface area contributed by atoms with Gasteiger partial charge in [0.05, 0.1) is 20.0 Å². The van der Waals surface area contributed by atoms with E-state index in [1.54, 1.807) is 23.1 Å². The zero-order chi connectivity index (χ0) is 18.4. The average molecular weight is 370 g/mol. The predicted octanol–water partition coefficient (Wildman–Crippen LogP) is 1.59. The summed E-state index contributed by atoms with van der Waals surface area (Å²) in [4.78, 5) is 14.4. The lowest BCUT2D eigenvalue weighted by Gasteiger charge is -2.34. The highest BCUT2D eigenvalue weighted by molar-refractivity contribution is 7.89. The molecule has 0 aliphatic carbocycles. The second-order valence-electron chi connectivity index (χ2n) is 5.96. The summed E-state index contributed by atoms with van der Waals surface area (Å²) in [5, 5.41) is 0. The monoisotopic (exact) mass is 370 g/mol. The Morgan fingerprint density at radius 3 is 2.08 bits per heavy atom. The number of rotatable bonds is 7. The molecule has 0 unspecified atom stereocenters. The Morgan fingerprint density at radius 2 is 1.60 bits per heavy atom. The van der Waals surface area contributed by atoms with Gasteiger partial charge in [0.1, 0.15) is 11.5 Å². The van der Waals surface area contributed by atoms with E-state index in [0.717, 1.165) is 6.42 Å². The SMILES string of the molecule is CCCCS(=O)(=O)N1CCN(C(=O)c2cc(OC)cc(OC)c2)CC1. The van der Waals surface area contributed by atoms with Crippen molar-refractivity contribution in [2.24, 2.45) is 0 Å². The molecule has 1 aliphatic rings. The van der Waals surface area contributed by atoms with E-state index in [2.05, 4.69) is 0 Å². The normalized spacial score (nSPS) is 15.9. The lowest BCUT2D eigenvalue weighted by Crippen LogP contribution is -2.51. The highest BCUT2D eigenvalue weighted by Crippen LogP contribution is 2.24. The van der Waals surface area contributed by atoms with Gasteiger partial charge in [-0.2, -0.15) is 4.31 Å². The van der Waals surface area contributed by atoms with Crippen molar-refractivity contribution in [1.29, 1.82) is 0 Å². The predicted molar refractivity (Wildman–Crippen MR) is 95.7 cm³/mol. The van der Waals surface area contributed by atoms with E-state index in [1.807, 2.05) is 6.92 Å². The van der Waals surface area contributed by atoms with Crippen molar-refractivity contribution in [3.63, 3.8) is 0 Å². The Kier molecular flexibility index (Phi) is 6.66. The Balaban J connectivity index is 2.04. The summed E-state index contributed by atoms with van der Waals surface area (Å²) in [6, 6.07) is 5.03. The van der Waals surface area contributed by atoms with E-state index in [1.165, 1.54) is 18.5 Å². The number of amides is 1. The van der Waals surface area contributed by atoms with Crippen LogP contribution in [0.2, 0.25) is 0 Å². The Labute approximate surface area is 149 Å². The van der Waals surface area contributed by atoms with E-state index in [-0.39, 0.29) is 11.7 Å². The number of hydrogen-bond donors (Lipinski definition) is 0. The molecule has 1 amide bonds. The number of carbonyl (C=O) groups is 1. The van der Waals surface area contributed by atoms with Gasteiger partial charge in [-0.15, -0.1) is 0 Å². The van der Waals surface area contributed by atoms with Crippen molar-refractivity contribution < 1.29 is 22.7 Å². The van der Waals surface area contributed by atoms with Gasteiger partial charge >= 0.3 is 0 Å². The minimum absolute atomic E-state index is 0.150. The smallest absolute Gasteiger partial charge is 0.254 e. The summed E-state index contributed by atoms with van der Waals surface area (Å²) >= 11 is 0. The van der Waals surface area contributed by atoms with Crippen molar-refractivity contribution in [2.75, 3.05) is 46.2 Å². The summed E-state index contributed by atoms with van der Waals surface area (Å²) in [6.45, 7) is 3.39. The molecule has 0 aromatic heterocycles. The van der Waals surface area contributed by atoms with Crippen LogP contribution in [0.15, 0.2) is 18.2 Å². The van der Waals surface area contributed by atoms with Gasteiger partial charge in [-0.05, 0) is 18.6 Å². The summed E-state index contributed by atoms with van der Waals surface area (Å²) in [5.41, 5.74) is 0.471. The van der Waals surface area contributed by atoms with Crippen LogP contribution < -0.4 is 9.47 Å². The Hall–Kier alpha value is -1.80. The van der Waals surface area contributed by atoms with Crippen molar-refractivity contribution in [3.8, 4) is 11.5 Å². The molecule has 8 heteroatoms. The van der Waals surface area contributed by atoms with Crippen LogP contribution in [-0.2, 0) is 10.0 Å². The Bertz CT molecular complexity index is 675. The molecular weight excluding hydrogens is 344 g/mol. The van der Waals surface area contributed by atoms with Crippen LogP contribution in [0.3, 0.4) is 0 Å². The fraction of sp³-hybridized carbons (Fsp3) is 0.588. The molecule has 7 nitrogen and oxygen atoms in total. The number of methoxy groups -OCH3 is 2. The van der Waals surface area contributed by atoms with Crippen LogP contribution in [-0.4, -0.2) is 69.7 Å². The molecule has 0 N–H and O–H groups in total. The molecule has 0 radical (unpaired) electrons. The first-order valence-electron chi connectivity index (χ1n) is 8.41. The first-order chi connectivity index (χ1) is 11.9. The van der Waals surface area contributed by atoms with Gasteiger partial charge in [-0.3, -0.25) is 4.79 Å². The van der Waals surface area contributed by atoms with Crippen molar-refractivity contribution in [3.05, 3.63) is 23.8 Å². The van der Waals surface area contributed by atoms with Crippen LogP contribution in [0.1, 0.15) is 30.1 Å². The molecule has 1 aliphatic heterocycles. The van der Waals surface area contributed by atoms with Gasteiger partial charge in [-0.25, -0.2) is 8.42 Å². The fourth-order valence-corrected chi connectivity index (χ4v) is 4.37. The first-order valence-corrected chi connectivity index (χ1v) is 10.0. The number of carbonyl (C=O) groups excluding carboxylic acids is 1. The second kappa shape index (κ2) is 8.53. The van der Waals surface area contributed by atoms with Crippen LogP contribution >= 0.6 is 0 Å². The van der Waals surface area contributed by atoms with E-state index in [9.17, 15) is 13.2 Å². The number of benzene rings is 1. The molecule has 1 saturated heterocycles. The van der Waals surface area contributed by atoms with E-state index >= 15 is 0 Å². The van der Waals surface area contributed by atoms with Gasteiger partial charge in [0.25, 0.3) is 5.91 Å². The molecule has 1 aromatic rings. The molecule has 2 rings (SSSR count). The molecule has 25 heavy (non-hydrogen) atoms. The maximum Gasteiger partial charge on any atom is 0.254 e. The Morgan fingerprint density at radius 1 is 1.04 bits per heavy atom. The molecule has 1 fully saturated rings.